The molecule has 0 spiro atoms. The molecule has 2 saturated heterocycles. The SMILES string of the molecule is COc1ccc(C)cc1C(O)CNC1CC2CCC1O2. The molecule has 4 nitrogen and oxygen atoms in total. The molecular weight excluding hydrogens is 254 g/mol. The minimum Gasteiger partial charge on any atom is -0.496 e. The van der Waals surface area contributed by atoms with Crippen LogP contribution in [0.15, 0.2) is 18.2 Å². The fourth-order valence-electron chi connectivity index (χ4n) is 3.34. The molecule has 1 aromatic rings. The molecule has 0 radical (unpaired) electrons. The summed E-state index contributed by atoms with van der Waals surface area (Å²) in [7, 11) is 1.64. The maximum Gasteiger partial charge on any atom is 0.124 e. The Balaban J connectivity index is 1.61. The Hall–Kier alpha value is -1.10. The van der Waals surface area contributed by atoms with Crippen molar-refractivity contribution in [3.63, 3.8) is 0 Å². The van der Waals surface area contributed by atoms with Crippen molar-refractivity contribution in [3.8, 4) is 5.75 Å². The van der Waals surface area contributed by atoms with Gasteiger partial charge in [0.1, 0.15) is 5.75 Å². The molecule has 2 aliphatic heterocycles. The number of benzene rings is 1. The van der Waals surface area contributed by atoms with Crippen molar-refractivity contribution in [3.05, 3.63) is 29.3 Å². The first-order valence-corrected chi connectivity index (χ1v) is 7.39. The molecule has 4 atom stereocenters. The molecule has 0 aliphatic carbocycles. The van der Waals surface area contributed by atoms with Crippen LogP contribution in [-0.4, -0.2) is 37.0 Å². The third-order valence-corrected chi connectivity index (χ3v) is 4.42. The first-order chi connectivity index (χ1) is 9.67. The molecule has 4 unspecified atom stereocenters. The Morgan fingerprint density at radius 1 is 1.45 bits per heavy atom. The van der Waals surface area contributed by atoms with Crippen molar-refractivity contribution in [2.24, 2.45) is 0 Å². The number of methoxy groups -OCH3 is 1. The number of aryl methyl sites for hydroxylation is 1. The van der Waals surface area contributed by atoms with Crippen LogP contribution in [0.2, 0.25) is 0 Å². The predicted octanol–water partition coefficient (Wildman–Crippen LogP) is 1.95. The molecule has 0 amide bonds. The highest BCUT2D eigenvalue weighted by Crippen LogP contribution is 2.34. The Morgan fingerprint density at radius 2 is 2.30 bits per heavy atom. The van der Waals surface area contributed by atoms with Crippen molar-refractivity contribution in [2.45, 2.75) is 50.5 Å². The molecule has 1 aromatic carbocycles. The van der Waals surface area contributed by atoms with E-state index in [4.69, 9.17) is 9.47 Å². The largest absolute Gasteiger partial charge is 0.496 e. The van der Waals surface area contributed by atoms with Gasteiger partial charge in [-0.1, -0.05) is 11.6 Å². The van der Waals surface area contributed by atoms with Gasteiger partial charge in [-0.15, -0.1) is 0 Å². The summed E-state index contributed by atoms with van der Waals surface area (Å²) in [5.41, 5.74) is 1.98. The third-order valence-electron chi connectivity index (χ3n) is 4.42. The minimum absolute atomic E-state index is 0.339. The maximum atomic E-state index is 10.4. The Morgan fingerprint density at radius 3 is 2.95 bits per heavy atom. The maximum absolute atomic E-state index is 10.4. The molecule has 2 fully saturated rings. The number of aliphatic hydroxyl groups is 1. The van der Waals surface area contributed by atoms with Crippen LogP contribution in [-0.2, 0) is 4.74 Å². The van der Waals surface area contributed by atoms with E-state index in [1.54, 1.807) is 7.11 Å². The molecule has 2 N–H and O–H groups in total. The number of aliphatic hydroxyl groups excluding tert-OH is 1. The lowest BCUT2D eigenvalue weighted by Gasteiger charge is -2.23. The van der Waals surface area contributed by atoms with E-state index in [0.717, 1.165) is 29.7 Å². The van der Waals surface area contributed by atoms with E-state index in [1.807, 2.05) is 25.1 Å². The lowest BCUT2D eigenvalue weighted by Crippen LogP contribution is -2.39. The van der Waals surface area contributed by atoms with Gasteiger partial charge in [-0.2, -0.15) is 0 Å². The van der Waals surface area contributed by atoms with Gasteiger partial charge < -0.3 is 19.9 Å². The predicted molar refractivity (Wildman–Crippen MR) is 77.0 cm³/mol. The van der Waals surface area contributed by atoms with Crippen LogP contribution in [0.5, 0.6) is 5.75 Å². The molecule has 2 heterocycles. The number of hydrogen-bond acceptors (Lipinski definition) is 4. The summed E-state index contributed by atoms with van der Waals surface area (Å²) in [5.74, 6) is 0.745. The quantitative estimate of drug-likeness (QED) is 0.863. The fourth-order valence-corrected chi connectivity index (χ4v) is 3.34. The molecule has 3 rings (SSSR count). The number of hydrogen-bond donors (Lipinski definition) is 2. The zero-order valence-electron chi connectivity index (χ0n) is 12.1. The Bertz CT molecular complexity index is 477. The van der Waals surface area contributed by atoms with Crippen LogP contribution in [0, 0.1) is 6.92 Å². The van der Waals surface area contributed by atoms with Crippen LogP contribution < -0.4 is 10.1 Å². The van der Waals surface area contributed by atoms with Crippen LogP contribution in [0.1, 0.15) is 36.5 Å². The fraction of sp³-hybridized carbons (Fsp3) is 0.625. The van der Waals surface area contributed by atoms with Crippen LogP contribution >= 0.6 is 0 Å². The molecule has 2 bridgehead atoms. The van der Waals surface area contributed by atoms with Gasteiger partial charge in [0.2, 0.25) is 0 Å². The molecule has 4 heteroatoms. The molecular formula is C16H23NO3. The van der Waals surface area contributed by atoms with E-state index < -0.39 is 6.10 Å². The average Bonchev–Trinajstić information content (AvgIpc) is 3.07. The highest BCUT2D eigenvalue weighted by molar-refractivity contribution is 5.38. The molecule has 110 valence electrons. The first-order valence-electron chi connectivity index (χ1n) is 7.39. The number of fused-ring (bicyclic) bond motifs is 2. The van der Waals surface area contributed by atoms with E-state index in [1.165, 1.54) is 6.42 Å². The molecule has 0 saturated carbocycles. The number of nitrogens with one attached hydrogen (secondary N) is 1. The van der Waals surface area contributed by atoms with Crippen molar-refractivity contribution < 1.29 is 14.6 Å². The number of ether oxygens (including phenoxy) is 2. The standard InChI is InChI=1S/C16H23NO3/c1-10-3-5-15(19-2)12(7-10)14(18)9-17-13-8-11-4-6-16(13)20-11/h3,5,7,11,13-14,16-18H,4,6,8-9H2,1-2H3. The normalized spacial score (nSPS) is 29.6. The highest BCUT2D eigenvalue weighted by Gasteiger charge is 2.40. The third kappa shape index (κ3) is 2.68. The van der Waals surface area contributed by atoms with Gasteiger partial charge in [0, 0.05) is 18.2 Å². The van der Waals surface area contributed by atoms with Crippen molar-refractivity contribution >= 4 is 0 Å². The summed E-state index contributed by atoms with van der Waals surface area (Å²) in [6.07, 6.45) is 3.63. The van der Waals surface area contributed by atoms with Crippen molar-refractivity contribution in [2.75, 3.05) is 13.7 Å². The summed E-state index contributed by atoms with van der Waals surface area (Å²) in [6, 6.07) is 6.28. The minimum atomic E-state index is -0.552. The van der Waals surface area contributed by atoms with E-state index in [-0.39, 0.29) is 0 Å². The second-order valence-electron chi connectivity index (χ2n) is 5.89. The monoisotopic (exact) mass is 277 g/mol. The lowest BCUT2D eigenvalue weighted by molar-refractivity contribution is 0.0941. The van der Waals surface area contributed by atoms with Crippen molar-refractivity contribution in [1.82, 2.24) is 5.32 Å². The van der Waals surface area contributed by atoms with Crippen LogP contribution in [0.25, 0.3) is 0 Å². The van der Waals surface area contributed by atoms with Gasteiger partial charge in [0.15, 0.2) is 0 Å². The smallest absolute Gasteiger partial charge is 0.124 e. The topological polar surface area (TPSA) is 50.7 Å². The molecule has 0 aromatic heterocycles. The highest BCUT2D eigenvalue weighted by atomic mass is 16.5. The lowest BCUT2D eigenvalue weighted by atomic mass is 9.95. The van der Waals surface area contributed by atoms with Gasteiger partial charge in [-0.05, 0) is 38.3 Å². The zero-order valence-corrected chi connectivity index (χ0v) is 12.1. The summed E-state index contributed by atoms with van der Waals surface area (Å²) in [6.45, 7) is 2.56. The molecule has 2 aliphatic rings. The van der Waals surface area contributed by atoms with Gasteiger partial charge >= 0.3 is 0 Å². The van der Waals surface area contributed by atoms with Gasteiger partial charge in [0.05, 0.1) is 25.4 Å². The number of rotatable bonds is 5. The van der Waals surface area contributed by atoms with Crippen molar-refractivity contribution in [1.29, 1.82) is 0 Å². The van der Waals surface area contributed by atoms with Crippen LogP contribution in [0.4, 0.5) is 0 Å². The van der Waals surface area contributed by atoms with E-state index in [0.29, 0.717) is 24.8 Å². The van der Waals surface area contributed by atoms with Gasteiger partial charge in [0.25, 0.3) is 0 Å². The van der Waals surface area contributed by atoms with Gasteiger partial charge in [-0.3, -0.25) is 0 Å². The van der Waals surface area contributed by atoms with Crippen LogP contribution in [0.3, 0.4) is 0 Å². The average molecular weight is 277 g/mol. The van der Waals surface area contributed by atoms with E-state index in [2.05, 4.69) is 5.32 Å². The molecule has 20 heavy (non-hydrogen) atoms. The Kier molecular flexibility index (Phi) is 3.96. The zero-order chi connectivity index (χ0) is 14.1. The Labute approximate surface area is 120 Å². The summed E-state index contributed by atoms with van der Waals surface area (Å²) in [4.78, 5) is 0. The summed E-state index contributed by atoms with van der Waals surface area (Å²) < 4.78 is 11.1. The van der Waals surface area contributed by atoms with E-state index in [9.17, 15) is 5.11 Å². The summed E-state index contributed by atoms with van der Waals surface area (Å²) >= 11 is 0. The van der Waals surface area contributed by atoms with Gasteiger partial charge in [-0.25, -0.2) is 0 Å². The second kappa shape index (κ2) is 5.72. The summed E-state index contributed by atoms with van der Waals surface area (Å²) in [5, 5.41) is 13.9. The van der Waals surface area contributed by atoms with E-state index >= 15 is 0 Å². The first kappa shape index (κ1) is 13.9. The second-order valence-corrected chi connectivity index (χ2v) is 5.89.